The number of hydrogen-bond donors (Lipinski definition) is 1. The minimum Gasteiger partial charge on any atom is -0.352 e. The van der Waals surface area contributed by atoms with Gasteiger partial charge < -0.3 is 5.32 Å². The molecule has 1 heterocycles. The summed E-state index contributed by atoms with van der Waals surface area (Å²) in [5.74, 6) is 2.04. The molecule has 1 saturated carbocycles. The molecule has 0 radical (unpaired) electrons. The highest BCUT2D eigenvalue weighted by molar-refractivity contribution is 7.99. The van der Waals surface area contributed by atoms with Gasteiger partial charge in [0.15, 0.2) is 0 Å². The Labute approximate surface area is 165 Å². The van der Waals surface area contributed by atoms with Crippen molar-refractivity contribution in [3.8, 4) is 5.69 Å². The Morgan fingerprint density at radius 3 is 2.70 bits per heavy atom. The quantitative estimate of drug-likeness (QED) is 0.763. The van der Waals surface area contributed by atoms with Crippen LogP contribution < -0.4 is 5.32 Å². The number of thioether (sulfide) groups is 1. The highest BCUT2D eigenvalue weighted by Crippen LogP contribution is 2.29. The average molecular weight is 388 g/mol. The highest BCUT2D eigenvalue weighted by atomic mass is 32.2. The van der Waals surface area contributed by atoms with E-state index in [2.05, 4.69) is 60.7 Å². The molecule has 146 valence electrons. The second kappa shape index (κ2) is 8.87. The third-order valence-corrected chi connectivity index (χ3v) is 6.55. The van der Waals surface area contributed by atoms with E-state index in [1.807, 2.05) is 12.1 Å². The number of nitrogens with one attached hydrogen (secondary N) is 1. The number of hydrogen-bond acceptors (Lipinski definition) is 5. The number of carbonyl (C=O) groups excluding carboxylic acids is 1. The molecule has 0 bridgehead atoms. The van der Waals surface area contributed by atoms with Crippen molar-refractivity contribution in [3.05, 3.63) is 29.8 Å². The summed E-state index contributed by atoms with van der Waals surface area (Å²) in [7, 11) is 0. The summed E-state index contributed by atoms with van der Waals surface area (Å²) in [6, 6.07) is 8.49. The van der Waals surface area contributed by atoms with Crippen molar-refractivity contribution in [1.82, 2.24) is 25.5 Å². The Balaban J connectivity index is 1.59. The van der Waals surface area contributed by atoms with Crippen LogP contribution in [0.15, 0.2) is 29.4 Å². The third-order valence-electron chi connectivity index (χ3n) is 5.63. The van der Waals surface area contributed by atoms with Crippen LogP contribution in [-0.2, 0) is 4.79 Å². The summed E-state index contributed by atoms with van der Waals surface area (Å²) < 4.78 is 1.69. The predicted octanol–water partition coefficient (Wildman–Crippen LogP) is 3.82. The smallest absolute Gasteiger partial charge is 0.230 e. The largest absolute Gasteiger partial charge is 0.352 e. The van der Waals surface area contributed by atoms with Gasteiger partial charge in [-0.25, -0.2) is 0 Å². The molecule has 1 aliphatic carbocycles. The lowest BCUT2D eigenvalue weighted by Crippen LogP contribution is -2.44. The molecule has 1 aromatic heterocycles. The van der Waals surface area contributed by atoms with E-state index >= 15 is 0 Å². The Morgan fingerprint density at radius 1 is 1.26 bits per heavy atom. The van der Waals surface area contributed by atoms with Gasteiger partial charge >= 0.3 is 0 Å². The van der Waals surface area contributed by atoms with Gasteiger partial charge in [0.05, 0.1) is 11.4 Å². The molecule has 3 unspecified atom stereocenters. The van der Waals surface area contributed by atoms with E-state index in [9.17, 15) is 4.79 Å². The lowest BCUT2D eigenvalue weighted by molar-refractivity contribution is -0.120. The second-order valence-corrected chi connectivity index (χ2v) is 8.79. The maximum atomic E-state index is 12.4. The summed E-state index contributed by atoms with van der Waals surface area (Å²) in [5.41, 5.74) is 2.18. The molecule has 0 saturated heterocycles. The SMILES string of the molecule is CC(C)c1ccc(-n2nnnc2SCC(=O)NC2CCCC(C)C2C)cc1. The Hall–Kier alpha value is -1.89. The van der Waals surface area contributed by atoms with Gasteiger partial charge in [-0.3, -0.25) is 4.79 Å². The molecule has 2 aromatic rings. The molecule has 1 aliphatic rings. The van der Waals surface area contributed by atoms with Gasteiger partial charge in [0.1, 0.15) is 0 Å². The highest BCUT2D eigenvalue weighted by Gasteiger charge is 2.28. The van der Waals surface area contributed by atoms with E-state index in [1.165, 1.54) is 30.2 Å². The van der Waals surface area contributed by atoms with Crippen molar-refractivity contribution in [3.63, 3.8) is 0 Å². The number of nitrogens with zero attached hydrogens (tertiary/aromatic N) is 4. The van der Waals surface area contributed by atoms with Gasteiger partial charge in [0.25, 0.3) is 0 Å². The average Bonchev–Trinajstić information content (AvgIpc) is 3.12. The van der Waals surface area contributed by atoms with Crippen LogP contribution in [0.5, 0.6) is 0 Å². The van der Waals surface area contributed by atoms with E-state index in [0.717, 1.165) is 12.1 Å². The molecule has 1 N–H and O–H groups in total. The van der Waals surface area contributed by atoms with Crippen LogP contribution in [0.4, 0.5) is 0 Å². The van der Waals surface area contributed by atoms with Gasteiger partial charge in [-0.1, -0.05) is 64.4 Å². The lowest BCUT2D eigenvalue weighted by atomic mass is 9.78. The minimum atomic E-state index is 0.0515. The van der Waals surface area contributed by atoms with Crippen molar-refractivity contribution in [2.75, 3.05) is 5.75 Å². The van der Waals surface area contributed by atoms with E-state index < -0.39 is 0 Å². The van der Waals surface area contributed by atoms with E-state index in [-0.39, 0.29) is 11.9 Å². The minimum absolute atomic E-state index is 0.0515. The van der Waals surface area contributed by atoms with Crippen molar-refractivity contribution >= 4 is 17.7 Å². The maximum Gasteiger partial charge on any atom is 0.230 e. The number of aromatic nitrogens is 4. The summed E-state index contributed by atoms with van der Waals surface area (Å²) in [6.45, 7) is 8.85. The van der Waals surface area contributed by atoms with Gasteiger partial charge in [-0.05, 0) is 52.3 Å². The number of benzene rings is 1. The van der Waals surface area contributed by atoms with Gasteiger partial charge in [-0.2, -0.15) is 4.68 Å². The fourth-order valence-electron chi connectivity index (χ4n) is 3.60. The molecular weight excluding hydrogens is 358 g/mol. The van der Waals surface area contributed by atoms with E-state index in [4.69, 9.17) is 0 Å². The first-order valence-electron chi connectivity index (χ1n) is 9.76. The fraction of sp³-hybridized carbons (Fsp3) is 0.600. The topological polar surface area (TPSA) is 72.7 Å². The zero-order chi connectivity index (χ0) is 19.4. The van der Waals surface area contributed by atoms with Gasteiger partial charge in [0, 0.05) is 6.04 Å². The van der Waals surface area contributed by atoms with Crippen molar-refractivity contribution in [2.45, 2.75) is 64.1 Å². The zero-order valence-electron chi connectivity index (χ0n) is 16.6. The van der Waals surface area contributed by atoms with Crippen LogP contribution in [0.2, 0.25) is 0 Å². The number of amides is 1. The predicted molar refractivity (Wildman–Crippen MR) is 108 cm³/mol. The van der Waals surface area contributed by atoms with E-state index in [1.54, 1.807) is 4.68 Å². The third kappa shape index (κ3) is 4.89. The second-order valence-electron chi connectivity index (χ2n) is 7.85. The molecule has 3 atom stereocenters. The molecule has 1 aromatic carbocycles. The first-order chi connectivity index (χ1) is 13.0. The molecule has 7 heteroatoms. The molecule has 1 fully saturated rings. The monoisotopic (exact) mass is 387 g/mol. The molecular formula is C20H29N5OS. The number of tetrazole rings is 1. The zero-order valence-corrected chi connectivity index (χ0v) is 17.4. The van der Waals surface area contributed by atoms with Crippen LogP contribution in [0.1, 0.15) is 58.4 Å². The molecule has 0 spiro atoms. The Kier molecular flexibility index (Phi) is 6.52. The van der Waals surface area contributed by atoms with E-state index in [0.29, 0.717) is 28.7 Å². The number of rotatable bonds is 6. The van der Waals surface area contributed by atoms with Crippen LogP contribution >= 0.6 is 11.8 Å². The summed E-state index contributed by atoms with van der Waals surface area (Å²) in [5, 5.41) is 15.8. The first-order valence-corrected chi connectivity index (χ1v) is 10.7. The fourth-order valence-corrected chi connectivity index (χ4v) is 4.30. The standard InChI is InChI=1S/C20H29N5OS/c1-13(2)16-8-10-17(11-9-16)25-20(22-23-24-25)27-12-19(26)21-18-7-5-6-14(3)15(18)4/h8-11,13-15,18H,5-7,12H2,1-4H3,(H,21,26). The van der Waals surface area contributed by atoms with Gasteiger partial charge in [0.2, 0.25) is 11.1 Å². The lowest BCUT2D eigenvalue weighted by Gasteiger charge is -2.34. The van der Waals surface area contributed by atoms with Gasteiger partial charge in [-0.15, -0.1) is 5.10 Å². The molecule has 27 heavy (non-hydrogen) atoms. The summed E-state index contributed by atoms with van der Waals surface area (Å²) >= 11 is 1.37. The summed E-state index contributed by atoms with van der Waals surface area (Å²) in [6.07, 6.45) is 3.52. The van der Waals surface area contributed by atoms with Crippen molar-refractivity contribution in [1.29, 1.82) is 0 Å². The Bertz CT molecular complexity index is 758. The first kappa shape index (κ1) is 19.9. The van der Waals surface area contributed by atoms with Crippen LogP contribution in [-0.4, -0.2) is 37.9 Å². The molecule has 0 aliphatic heterocycles. The van der Waals surface area contributed by atoms with Crippen LogP contribution in [0.3, 0.4) is 0 Å². The number of carbonyl (C=O) groups is 1. The molecule has 1 amide bonds. The molecule has 6 nitrogen and oxygen atoms in total. The maximum absolute atomic E-state index is 12.4. The molecule has 3 rings (SSSR count). The normalized spacial score (nSPS) is 22.8. The van der Waals surface area contributed by atoms with Crippen LogP contribution in [0, 0.1) is 11.8 Å². The summed E-state index contributed by atoms with van der Waals surface area (Å²) in [4.78, 5) is 12.4. The van der Waals surface area contributed by atoms with Crippen LogP contribution in [0.25, 0.3) is 5.69 Å². The Morgan fingerprint density at radius 2 is 2.00 bits per heavy atom. The van der Waals surface area contributed by atoms with Crippen molar-refractivity contribution < 1.29 is 4.79 Å². The van der Waals surface area contributed by atoms with Crippen molar-refractivity contribution in [2.24, 2.45) is 11.8 Å².